The van der Waals surface area contributed by atoms with Crippen LogP contribution in [0.15, 0.2) is 30.6 Å². The maximum absolute atomic E-state index is 9.99. The first-order chi connectivity index (χ1) is 17.9. The van der Waals surface area contributed by atoms with Crippen molar-refractivity contribution in [3.05, 3.63) is 41.7 Å². The molecular weight excluding hydrogens is 494 g/mol. The molecule has 2 aromatic heterocycles. The number of aryl methyl sites for hydroxylation is 1. The fourth-order valence-corrected chi connectivity index (χ4v) is 5.72. The van der Waals surface area contributed by atoms with Gasteiger partial charge in [-0.25, -0.2) is 14.6 Å². The van der Waals surface area contributed by atoms with E-state index in [4.69, 9.17) is 14.1 Å². The van der Waals surface area contributed by atoms with Gasteiger partial charge in [-0.2, -0.15) is 10.4 Å². The van der Waals surface area contributed by atoms with Gasteiger partial charge in [-0.1, -0.05) is 27.7 Å². The number of ether oxygens (including phenoxy) is 1. The number of fused-ring (bicyclic) bond motifs is 2. The summed E-state index contributed by atoms with van der Waals surface area (Å²) in [5.41, 5.74) is 4.67. The number of nitrogens with one attached hydrogen (secondary N) is 2. The van der Waals surface area contributed by atoms with Gasteiger partial charge in [0.2, 0.25) is 11.8 Å². The van der Waals surface area contributed by atoms with Crippen LogP contribution in [0.5, 0.6) is 5.88 Å². The van der Waals surface area contributed by atoms with Gasteiger partial charge in [-0.15, -0.1) is 0 Å². The predicted octanol–water partition coefficient (Wildman–Crippen LogP) is 5.83. The molecule has 2 N–H and O–H groups in total. The van der Waals surface area contributed by atoms with Crippen molar-refractivity contribution in [1.29, 1.82) is 5.26 Å². The molecule has 0 aliphatic carbocycles. The Morgan fingerprint density at radius 2 is 2.13 bits per heavy atom. The summed E-state index contributed by atoms with van der Waals surface area (Å²) in [6.07, 6.45) is 4.52. The molecule has 0 saturated carbocycles. The minimum Gasteiger partial charge on any atom is -0.473 e. The summed E-state index contributed by atoms with van der Waals surface area (Å²) in [7, 11) is -1.93. The van der Waals surface area contributed by atoms with Crippen molar-refractivity contribution in [1.82, 2.24) is 19.7 Å². The van der Waals surface area contributed by atoms with E-state index in [1.165, 1.54) is 0 Å². The summed E-state index contributed by atoms with van der Waals surface area (Å²) in [4.78, 5) is 9.21. The van der Waals surface area contributed by atoms with Crippen LogP contribution in [0.3, 0.4) is 0 Å². The summed E-state index contributed by atoms with van der Waals surface area (Å²) in [6, 6.07) is 8.28. The van der Waals surface area contributed by atoms with Crippen LogP contribution in [0.4, 0.5) is 17.3 Å². The molecule has 0 saturated heterocycles. The first-order valence-corrected chi connectivity index (χ1v) is 16.1. The first kappa shape index (κ1) is 26.2. The quantitative estimate of drug-likeness (QED) is 0.382. The molecule has 0 radical (unpaired) electrons. The lowest BCUT2D eigenvalue weighted by molar-refractivity contribution is 0.150. The van der Waals surface area contributed by atoms with E-state index in [9.17, 15) is 5.26 Å². The molecule has 200 valence electrons. The summed E-state index contributed by atoms with van der Waals surface area (Å²) in [6.45, 7) is 17.7. The number of benzene rings is 1. The van der Waals surface area contributed by atoms with Gasteiger partial charge in [-0.3, -0.25) is 0 Å². The second kappa shape index (κ2) is 9.40. The van der Waals surface area contributed by atoms with Crippen LogP contribution in [-0.4, -0.2) is 47.3 Å². The van der Waals surface area contributed by atoms with Crippen LogP contribution in [0, 0.1) is 11.3 Å². The summed E-state index contributed by atoms with van der Waals surface area (Å²) < 4.78 is 14.5. The Bertz CT molecular complexity index is 1410. The average molecular weight is 532 g/mol. The maximum Gasteiger partial charge on any atom is 0.236 e. The summed E-state index contributed by atoms with van der Waals surface area (Å²) in [5, 5.41) is 21.3. The molecule has 10 heteroatoms. The smallest absolute Gasteiger partial charge is 0.236 e. The molecule has 0 bridgehead atoms. The lowest BCUT2D eigenvalue weighted by Crippen LogP contribution is -2.45. The summed E-state index contributed by atoms with van der Waals surface area (Å²) in [5.74, 6) is 1.15. The molecule has 0 fully saturated rings. The highest BCUT2D eigenvalue weighted by Gasteiger charge is 2.42. The molecule has 38 heavy (non-hydrogen) atoms. The highest BCUT2D eigenvalue weighted by atomic mass is 28.4. The molecule has 5 rings (SSSR count). The van der Waals surface area contributed by atoms with Crippen molar-refractivity contribution in [2.75, 3.05) is 23.8 Å². The van der Waals surface area contributed by atoms with Gasteiger partial charge < -0.3 is 19.8 Å². The van der Waals surface area contributed by atoms with Crippen molar-refractivity contribution >= 4 is 25.6 Å². The largest absolute Gasteiger partial charge is 0.473 e. The fourth-order valence-electron chi connectivity index (χ4n) is 4.61. The van der Waals surface area contributed by atoms with E-state index in [-0.39, 0.29) is 16.6 Å². The molecule has 1 aromatic carbocycles. The van der Waals surface area contributed by atoms with Crippen LogP contribution in [0.2, 0.25) is 18.1 Å². The minimum absolute atomic E-state index is 0.125. The van der Waals surface area contributed by atoms with E-state index >= 15 is 0 Å². The minimum atomic E-state index is -1.93. The molecule has 0 spiro atoms. The highest BCUT2D eigenvalue weighted by molar-refractivity contribution is 6.74. The van der Waals surface area contributed by atoms with Gasteiger partial charge in [0.1, 0.15) is 11.8 Å². The third kappa shape index (κ3) is 4.76. The molecule has 3 aromatic rings. The Morgan fingerprint density at radius 1 is 1.34 bits per heavy atom. The standard InChI is InChI=1S/C28H37N7O2Si/c1-18-9-11-35-25(37-18)23(15-32-35)34-26-30-10-8-22(33-26)19-12-20(14-29)24-21(13-19)28(5,16-31-24)17-36-38(6,7)27(2,3)4/h8,10,12-13,15,18,31H,9,11,16-17H2,1-7H3,(H,30,33,34)/t18?,28-/m1/s1. The Hall–Kier alpha value is -3.42. The van der Waals surface area contributed by atoms with Crippen molar-refractivity contribution < 1.29 is 9.16 Å². The van der Waals surface area contributed by atoms with E-state index < -0.39 is 8.32 Å². The lowest BCUT2D eigenvalue weighted by Gasteiger charge is -2.39. The van der Waals surface area contributed by atoms with E-state index in [0.717, 1.165) is 47.7 Å². The van der Waals surface area contributed by atoms with Crippen LogP contribution < -0.4 is 15.4 Å². The van der Waals surface area contributed by atoms with Crippen LogP contribution in [0.1, 0.15) is 52.2 Å². The predicted molar refractivity (Wildman–Crippen MR) is 151 cm³/mol. The van der Waals surface area contributed by atoms with Crippen molar-refractivity contribution in [2.24, 2.45) is 0 Å². The third-order valence-corrected chi connectivity index (χ3v) is 12.6. The number of nitriles is 1. The highest BCUT2D eigenvalue weighted by Crippen LogP contribution is 2.44. The van der Waals surface area contributed by atoms with Crippen molar-refractivity contribution in [3.8, 4) is 23.2 Å². The average Bonchev–Trinajstić information content (AvgIpc) is 3.42. The Balaban J connectivity index is 1.45. The van der Waals surface area contributed by atoms with Gasteiger partial charge in [-0.05, 0) is 48.8 Å². The maximum atomic E-state index is 9.99. The zero-order chi connectivity index (χ0) is 27.3. The number of hydrogen-bond donors (Lipinski definition) is 2. The molecule has 9 nitrogen and oxygen atoms in total. The number of hydrogen-bond acceptors (Lipinski definition) is 8. The zero-order valence-electron chi connectivity index (χ0n) is 23.3. The topological polar surface area (TPSA) is 110 Å². The van der Waals surface area contributed by atoms with Crippen molar-refractivity contribution in [3.63, 3.8) is 0 Å². The molecule has 2 atom stereocenters. The van der Waals surface area contributed by atoms with E-state index in [1.807, 2.05) is 16.8 Å². The normalized spacial score (nSPS) is 20.6. The number of rotatable bonds is 6. The van der Waals surface area contributed by atoms with Crippen LogP contribution in [0.25, 0.3) is 11.3 Å². The molecule has 4 heterocycles. The molecular formula is C28H37N7O2Si. The lowest BCUT2D eigenvalue weighted by atomic mass is 9.83. The Morgan fingerprint density at radius 3 is 2.87 bits per heavy atom. The van der Waals surface area contributed by atoms with E-state index in [1.54, 1.807) is 12.4 Å². The Kier molecular flexibility index (Phi) is 6.48. The van der Waals surface area contributed by atoms with Crippen molar-refractivity contribution in [2.45, 2.75) is 77.2 Å². The number of aromatic nitrogens is 4. The second-order valence-electron chi connectivity index (χ2n) is 12.2. The molecule has 2 aliphatic heterocycles. The van der Waals surface area contributed by atoms with Gasteiger partial charge >= 0.3 is 0 Å². The van der Waals surface area contributed by atoms with Gasteiger partial charge in [0.15, 0.2) is 8.32 Å². The zero-order valence-corrected chi connectivity index (χ0v) is 24.3. The Labute approximate surface area is 225 Å². The van der Waals surface area contributed by atoms with E-state index in [0.29, 0.717) is 24.0 Å². The van der Waals surface area contributed by atoms with Gasteiger partial charge in [0.05, 0.1) is 29.2 Å². The molecule has 2 aliphatic rings. The van der Waals surface area contributed by atoms with Crippen LogP contribution in [-0.2, 0) is 16.4 Å². The SMILES string of the molecule is CC1CCn2ncc(Nc3nccc(-c4cc(C#N)c5c(c4)[C@@](C)(CO[Si](C)(C)C(C)(C)C)CN5)n3)c2O1. The van der Waals surface area contributed by atoms with Gasteiger partial charge in [0, 0.05) is 43.3 Å². The first-order valence-electron chi connectivity index (χ1n) is 13.2. The van der Waals surface area contributed by atoms with Crippen LogP contribution >= 0.6 is 0 Å². The molecule has 0 amide bonds. The fraction of sp³-hybridized carbons (Fsp3) is 0.500. The van der Waals surface area contributed by atoms with E-state index in [2.05, 4.69) is 80.6 Å². The number of nitrogens with zero attached hydrogens (tertiary/aromatic N) is 5. The third-order valence-electron chi connectivity index (χ3n) is 8.17. The second-order valence-corrected chi connectivity index (χ2v) is 17.0. The number of anilines is 3. The summed E-state index contributed by atoms with van der Waals surface area (Å²) >= 11 is 0. The van der Waals surface area contributed by atoms with Gasteiger partial charge in [0.25, 0.3) is 0 Å². The monoisotopic (exact) mass is 531 g/mol. The molecule has 1 unspecified atom stereocenters.